The van der Waals surface area contributed by atoms with E-state index in [4.69, 9.17) is 0 Å². The third-order valence-corrected chi connectivity index (χ3v) is 2.47. The van der Waals surface area contributed by atoms with Crippen molar-refractivity contribution in [3.8, 4) is 0 Å². The Morgan fingerprint density at radius 1 is 1.64 bits per heavy atom. The molecule has 0 aliphatic rings. The Labute approximate surface area is 84.4 Å². The molecule has 6 heteroatoms. The van der Waals surface area contributed by atoms with Gasteiger partial charge < -0.3 is 10.3 Å². The van der Waals surface area contributed by atoms with E-state index in [1.807, 2.05) is 0 Å². The number of hydrogen-bond donors (Lipinski definition) is 2. The molecule has 0 radical (unpaired) electrons. The summed E-state index contributed by atoms with van der Waals surface area (Å²) in [6, 6.07) is 0. The number of aromatic nitrogens is 2. The largest absolute Gasteiger partial charge is 0.365 e. The highest BCUT2D eigenvalue weighted by Crippen LogP contribution is 1.91. The van der Waals surface area contributed by atoms with Crippen molar-refractivity contribution in [2.45, 2.75) is 6.42 Å². The number of nitrogens with zero attached hydrogens (tertiary/aromatic N) is 1. The lowest BCUT2D eigenvalue weighted by molar-refractivity contribution is 0.685. The molecular weight excluding hydrogens is 202 g/mol. The highest BCUT2D eigenvalue weighted by Gasteiger charge is 1.98. The van der Waals surface area contributed by atoms with Crippen molar-refractivity contribution in [3.05, 3.63) is 22.7 Å². The van der Waals surface area contributed by atoms with Gasteiger partial charge in [0.25, 0.3) is 5.56 Å². The van der Waals surface area contributed by atoms with Crippen LogP contribution in [0.4, 0.5) is 5.82 Å². The molecule has 0 spiro atoms. The zero-order valence-electron chi connectivity index (χ0n) is 7.95. The fourth-order valence-corrected chi connectivity index (χ4v) is 1.51. The van der Waals surface area contributed by atoms with Crippen molar-refractivity contribution in [1.82, 2.24) is 9.97 Å². The lowest BCUT2D eigenvalue weighted by atomic mass is 10.5. The molecule has 0 aromatic carbocycles. The van der Waals surface area contributed by atoms with Crippen molar-refractivity contribution >= 4 is 16.6 Å². The first-order valence-corrected chi connectivity index (χ1v) is 6.00. The molecule has 1 rings (SSSR count). The van der Waals surface area contributed by atoms with Gasteiger partial charge in [-0.05, 0) is 6.42 Å². The quantitative estimate of drug-likeness (QED) is 0.675. The molecule has 14 heavy (non-hydrogen) atoms. The molecule has 0 aliphatic carbocycles. The minimum absolute atomic E-state index is 0.231. The van der Waals surface area contributed by atoms with Gasteiger partial charge in [0.1, 0.15) is 0 Å². The summed E-state index contributed by atoms with van der Waals surface area (Å²) in [5.74, 6) is 0.951. The van der Waals surface area contributed by atoms with Crippen LogP contribution in [0.3, 0.4) is 0 Å². The van der Waals surface area contributed by atoms with E-state index in [0.29, 0.717) is 18.1 Å². The standard InChI is InChI=1S/C8H13N3O2S/c1-14(13)6-2-3-9-7-8(12)11-5-4-10-7/h4-5H,2-3,6H2,1H3,(H,9,10)(H,11,12). The molecule has 1 aromatic rings. The number of H-pyrrole nitrogens is 1. The molecule has 0 amide bonds. The second-order valence-corrected chi connectivity index (χ2v) is 4.38. The Bertz CT molecular complexity index is 364. The first-order valence-electron chi connectivity index (χ1n) is 4.28. The number of aromatic amines is 1. The molecule has 0 saturated carbocycles. The predicted molar refractivity (Wildman–Crippen MR) is 56.9 cm³/mol. The van der Waals surface area contributed by atoms with Crippen LogP contribution in [0.1, 0.15) is 6.42 Å². The Hall–Kier alpha value is -1.17. The minimum Gasteiger partial charge on any atom is -0.365 e. The van der Waals surface area contributed by atoms with Crippen molar-refractivity contribution < 1.29 is 4.21 Å². The van der Waals surface area contributed by atoms with Crippen LogP contribution in [-0.4, -0.2) is 32.7 Å². The molecule has 1 heterocycles. The van der Waals surface area contributed by atoms with Crippen molar-refractivity contribution in [2.24, 2.45) is 0 Å². The van der Waals surface area contributed by atoms with Crippen LogP contribution in [0.5, 0.6) is 0 Å². The molecule has 1 unspecified atom stereocenters. The van der Waals surface area contributed by atoms with Crippen LogP contribution in [0.25, 0.3) is 0 Å². The van der Waals surface area contributed by atoms with Crippen LogP contribution in [0.15, 0.2) is 17.2 Å². The van der Waals surface area contributed by atoms with Crippen LogP contribution >= 0.6 is 0 Å². The highest BCUT2D eigenvalue weighted by molar-refractivity contribution is 7.84. The second-order valence-electron chi connectivity index (χ2n) is 2.82. The van der Waals surface area contributed by atoms with Gasteiger partial charge >= 0.3 is 0 Å². The molecule has 0 bridgehead atoms. The molecule has 2 N–H and O–H groups in total. The lowest BCUT2D eigenvalue weighted by Gasteiger charge is -2.02. The van der Waals surface area contributed by atoms with Crippen LogP contribution in [0.2, 0.25) is 0 Å². The highest BCUT2D eigenvalue weighted by atomic mass is 32.2. The molecule has 5 nitrogen and oxygen atoms in total. The monoisotopic (exact) mass is 215 g/mol. The molecule has 0 aliphatic heterocycles. The Morgan fingerprint density at radius 3 is 3.07 bits per heavy atom. The van der Waals surface area contributed by atoms with E-state index in [0.717, 1.165) is 6.42 Å². The van der Waals surface area contributed by atoms with Crippen LogP contribution in [0, 0.1) is 0 Å². The molecule has 0 fully saturated rings. The number of nitrogens with one attached hydrogen (secondary N) is 2. The molecule has 1 atom stereocenters. The average molecular weight is 215 g/mol. The summed E-state index contributed by atoms with van der Waals surface area (Å²) in [4.78, 5) is 17.5. The van der Waals surface area contributed by atoms with E-state index in [2.05, 4.69) is 15.3 Å². The van der Waals surface area contributed by atoms with Gasteiger partial charge in [0.2, 0.25) is 0 Å². The normalized spacial score (nSPS) is 12.4. The van der Waals surface area contributed by atoms with Gasteiger partial charge in [-0.2, -0.15) is 0 Å². The minimum atomic E-state index is -0.775. The van der Waals surface area contributed by atoms with Gasteiger partial charge in [-0.25, -0.2) is 4.98 Å². The Morgan fingerprint density at radius 2 is 2.43 bits per heavy atom. The molecule has 0 saturated heterocycles. The Balaban J connectivity index is 2.35. The Kier molecular flexibility index (Phi) is 4.31. The predicted octanol–water partition coefficient (Wildman–Crippen LogP) is -0.0496. The average Bonchev–Trinajstić information content (AvgIpc) is 2.15. The van der Waals surface area contributed by atoms with Gasteiger partial charge in [0.15, 0.2) is 5.82 Å². The summed E-state index contributed by atoms with van der Waals surface area (Å²) in [7, 11) is -0.775. The summed E-state index contributed by atoms with van der Waals surface area (Å²) in [5, 5.41) is 2.88. The van der Waals surface area contributed by atoms with E-state index in [-0.39, 0.29) is 5.56 Å². The first kappa shape index (κ1) is 10.9. The first-order chi connectivity index (χ1) is 6.70. The maximum absolute atomic E-state index is 11.1. The summed E-state index contributed by atoms with van der Waals surface area (Å²) in [5.41, 5.74) is -0.231. The zero-order chi connectivity index (χ0) is 10.4. The maximum Gasteiger partial charge on any atom is 0.290 e. The number of rotatable bonds is 5. The van der Waals surface area contributed by atoms with E-state index in [1.54, 1.807) is 6.26 Å². The number of anilines is 1. The third kappa shape index (κ3) is 3.69. The molecule has 1 aromatic heterocycles. The molecular formula is C8H13N3O2S. The lowest BCUT2D eigenvalue weighted by Crippen LogP contribution is -2.17. The summed E-state index contributed by atoms with van der Waals surface area (Å²) >= 11 is 0. The van der Waals surface area contributed by atoms with Crippen molar-refractivity contribution in [1.29, 1.82) is 0 Å². The summed E-state index contributed by atoms with van der Waals surface area (Å²) in [6.45, 7) is 0.611. The van der Waals surface area contributed by atoms with Gasteiger partial charge in [-0.3, -0.25) is 9.00 Å². The van der Waals surface area contributed by atoms with Crippen molar-refractivity contribution in [3.63, 3.8) is 0 Å². The maximum atomic E-state index is 11.1. The van der Waals surface area contributed by atoms with E-state index in [1.165, 1.54) is 12.4 Å². The van der Waals surface area contributed by atoms with Crippen molar-refractivity contribution in [2.75, 3.05) is 23.9 Å². The smallest absolute Gasteiger partial charge is 0.290 e. The fraction of sp³-hybridized carbons (Fsp3) is 0.500. The topological polar surface area (TPSA) is 74.8 Å². The van der Waals surface area contributed by atoms with E-state index < -0.39 is 10.8 Å². The SMILES string of the molecule is CS(=O)CCCNc1ncc[nH]c1=O. The van der Waals surface area contributed by atoms with Gasteiger partial charge in [-0.15, -0.1) is 0 Å². The summed E-state index contributed by atoms with van der Waals surface area (Å²) in [6.07, 6.45) is 5.42. The molecule has 78 valence electrons. The third-order valence-electron chi connectivity index (χ3n) is 1.61. The second kappa shape index (κ2) is 5.54. The summed E-state index contributed by atoms with van der Waals surface area (Å²) < 4.78 is 10.7. The zero-order valence-corrected chi connectivity index (χ0v) is 8.76. The van der Waals surface area contributed by atoms with Crippen LogP contribution in [-0.2, 0) is 10.8 Å². The van der Waals surface area contributed by atoms with E-state index >= 15 is 0 Å². The van der Waals surface area contributed by atoms with Crippen LogP contribution < -0.4 is 10.9 Å². The van der Waals surface area contributed by atoms with Gasteiger partial charge in [0.05, 0.1) is 0 Å². The fourth-order valence-electron chi connectivity index (χ4n) is 0.960. The number of hydrogen-bond acceptors (Lipinski definition) is 4. The van der Waals surface area contributed by atoms with E-state index in [9.17, 15) is 9.00 Å². The van der Waals surface area contributed by atoms with Gasteiger partial charge in [0, 0.05) is 41.7 Å². The van der Waals surface area contributed by atoms with Gasteiger partial charge in [-0.1, -0.05) is 0 Å².